The van der Waals surface area contributed by atoms with Crippen molar-refractivity contribution in [1.29, 1.82) is 0 Å². The summed E-state index contributed by atoms with van der Waals surface area (Å²) in [6.07, 6.45) is 11.1. The summed E-state index contributed by atoms with van der Waals surface area (Å²) >= 11 is 0. The molecule has 0 bridgehead atoms. The second-order valence-corrected chi connectivity index (χ2v) is 8.58. The molecule has 1 heterocycles. The highest BCUT2D eigenvalue weighted by atomic mass is 15.3. The van der Waals surface area contributed by atoms with Gasteiger partial charge in [-0.2, -0.15) is 0 Å². The van der Waals surface area contributed by atoms with Gasteiger partial charge in [0.05, 0.1) is 0 Å². The van der Waals surface area contributed by atoms with Gasteiger partial charge >= 0.3 is 0 Å². The lowest BCUT2D eigenvalue weighted by atomic mass is 9.67. The maximum Gasteiger partial charge on any atom is 0.0337 e. The topological polar surface area (TPSA) is 32.5 Å². The molecule has 0 radical (unpaired) electrons. The van der Waals surface area contributed by atoms with Crippen molar-refractivity contribution >= 4 is 0 Å². The second-order valence-electron chi connectivity index (χ2n) is 8.58. The molecule has 0 spiro atoms. The van der Waals surface area contributed by atoms with Gasteiger partial charge in [0, 0.05) is 44.3 Å². The molecule has 2 saturated carbocycles. The minimum atomic E-state index is 0.295. The van der Waals surface area contributed by atoms with E-state index in [4.69, 9.17) is 5.73 Å². The summed E-state index contributed by atoms with van der Waals surface area (Å²) in [6, 6.07) is 0.892. The van der Waals surface area contributed by atoms with Crippen molar-refractivity contribution in [1.82, 2.24) is 9.80 Å². The number of rotatable bonds is 3. The smallest absolute Gasteiger partial charge is 0.0337 e. The molecule has 2 N–H and O–H groups in total. The average Bonchev–Trinajstić information content (AvgIpc) is 3.00. The monoisotopic (exact) mass is 293 g/mol. The number of hydrogen-bond acceptors (Lipinski definition) is 3. The van der Waals surface area contributed by atoms with Crippen molar-refractivity contribution in [3.8, 4) is 0 Å². The van der Waals surface area contributed by atoms with E-state index in [0.29, 0.717) is 11.0 Å². The Kier molecular flexibility index (Phi) is 4.63. The Morgan fingerprint density at radius 3 is 2.19 bits per heavy atom. The summed E-state index contributed by atoms with van der Waals surface area (Å²) in [7, 11) is 0. The third-order valence-electron chi connectivity index (χ3n) is 6.51. The molecule has 3 rings (SSSR count). The number of hydrogen-bond donors (Lipinski definition) is 1. The quantitative estimate of drug-likeness (QED) is 0.868. The van der Waals surface area contributed by atoms with Gasteiger partial charge in [-0.05, 0) is 37.5 Å². The van der Waals surface area contributed by atoms with Gasteiger partial charge in [-0.15, -0.1) is 0 Å². The number of nitrogens with two attached hydrogens (primary N) is 1. The zero-order valence-electron chi connectivity index (χ0n) is 14.2. The van der Waals surface area contributed by atoms with Crippen LogP contribution in [0.5, 0.6) is 0 Å². The Labute approximate surface area is 131 Å². The van der Waals surface area contributed by atoms with Gasteiger partial charge in [-0.1, -0.05) is 33.1 Å². The Balaban J connectivity index is 1.61. The van der Waals surface area contributed by atoms with Crippen LogP contribution in [0.4, 0.5) is 0 Å². The van der Waals surface area contributed by atoms with Crippen LogP contribution in [0.15, 0.2) is 0 Å². The normalized spacial score (nSPS) is 36.1. The highest BCUT2D eigenvalue weighted by molar-refractivity contribution is 5.01. The van der Waals surface area contributed by atoms with Gasteiger partial charge < -0.3 is 5.73 Å². The Bertz CT molecular complexity index is 340. The first-order valence-electron chi connectivity index (χ1n) is 9.24. The molecule has 0 aromatic rings. The summed E-state index contributed by atoms with van der Waals surface area (Å²) < 4.78 is 0. The van der Waals surface area contributed by atoms with Crippen molar-refractivity contribution in [3.63, 3.8) is 0 Å². The first-order valence-corrected chi connectivity index (χ1v) is 9.24. The number of piperazine rings is 1. The van der Waals surface area contributed by atoms with Crippen LogP contribution in [0.3, 0.4) is 0 Å². The summed E-state index contributed by atoms with van der Waals surface area (Å²) in [5.41, 5.74) is 7.06. The highest BCUT2D eigenvalue weighted by Crippen LogP contribution is 2.44. The SMILES string of the molecule is CC1(C)CCCC(CN)(N2CCN(C3CCCC3)CC2)C1. The van der Waals surface area contributed by atoms with E-state index < -0.39 is 0 Å². The fourth-order valence-electron chi connectivity index (χ4n) is 5.37. The van der Waals surface area contributed by atoms with Crippen LogP contribution in [0.1, 0.15) is 65.2 Å². The lowest BCUT2D eigenvalue weighted by Gasteiger charge is -2.53. The van der Waals surface area contributed by atoms with Gasteiger partial charge in [-0.3, -0.25) is 9.80 Å². The third kappa shape index (κ3) is 3.30. The van der Waals surface area contributed by atoms with Gasteiger partial charge in [0.25, 0.3) is 0 Å². The molecule has 1 saturated heterocycles. The molecule has 3 fully saturated rings. The lowest BCUT2D eigenvalue weighted by Crippen LogP contribution is -2.63. The Morgan fingerprint density at radius 2 is 1.62 bits per heavy atom. The van der Waals surface area contributed by atoms with Gasteiger partial charge in [-0.25, -0.2) is 0 Å². The van der Waals surface area contributed by atoms with Gasteiger partial charge in [0.15, 0.2) is 0 Å². The zero-order valence-corrected chi connectivity index (χ0v) is 14.2. The lowest BCUT2D eigenvalue weighted by molar-refractivity contribution is -0.0262. The highest BCUT2D eigenvalue weighted by Gasteiger charge is 2.44. The third-order valence-corrected chi connectivity index (χ3v) is 6.51. The van der Waals surface area contributed by atoms with Crippen molar-refractivity contribution in [2.75, 3.05) is 32.7 Å². The average molecular weight is 293 g/mol. The Morgan fingerprint density at radius 1 is 0.952 bits per heavy atom. The van der Waals surface area contributed by atoms with Crippen LogP contribution in [0.2, 0.25) is 0 Å². The summed E-state index contributed by atoms with van der Waals surface area (Å²) in [4.78, 5) is 5.53. The molecule has 1 atom stereocenters. The molecule has 2 aliphatic carbocycles. The van der Waals surface area contributed by atoms with E-state index in [0.717, 1.165) is 12.6 Å². The summed E-state index contributed by atoms with van der Waals surface area (Å²) in [5, 5.41) is 0. The number of nitrogens with zero attached hydrogens (tertiary/aromatic N) is 2. The van der Waals surface area contributed by atoms with Crippen molar-refractivity contribution in [2.24, 2.45) is 11.1 Å². The molecule has 1 aliphatic heterocycles. The molecule has 3 heteroatoms. The molecule has 1 unspecified atom stereocenters. The van der Waals surface area contributed by atoms with Crippen LogP contribution in [-0.4, -0.2) is 54.1 Å². The zero-order chi connectivity index (χ0) is 14.9. The minimum absolute atomic E-state index is 0.295. The van der Waals surface area contributed by atoms with Gasteiger partial charge in [0.1, 0.15) is 0 Å². The van der Waals surface area contributed by atoms with E-state index in [9.17, 15) is 0 Å². The molecule has 21 heavy (non-hydrogen) atoms. The van der Waals surface area contributed by atoms with Crippen molar-refractivity contribution in [3.05, 3.63) is 0 Å². The molecule has 0 aromatic carbocycles. The van der Waals surface area contributed by atoms with Crippen LogP contribution < -0.4 is 5.73 Å². The largest absolute Gasteiger partial charge is 0.329 e. The molecular weight excluding hydrogens is 258 g/mol. The van der Waals surface area contributed by atoms with Crippen LogP contribution in [-0.2, 0) is 0 Å². The predicted octanol–water partition coefficient (Wildman–Crippen LogP) is 2.84. The molecule has 122 valence electrons. The van der Waals surface area contributed by atoms with Crippen molar-refractivity contribution < 1.29 is 0 Å². The minimum Gasteiger partial charge on any atom is -0.329 e. The summed E-state index contributed by atoms with van der Waals surface area (Å²) in [5.74, 6) is 0. The first-order chi connectivity index (χ1) is 10.0. The fourth-order valence-corrected chi connectivity index (χ4v) is 5.37. The maximum absolute atomic E-state index is 6.29. The van der Waals surface area contributed by atoms with E-state index in [-0.39, 0.29) is 0 Å². The van der Waals surface area contributed by atoms with E-state index in [1.165, 1.54) is 77.5 Å². The second kappa shape index (κ2) is 6.17. The molecule has 0 aromatic heterocycles. The first kappa shape index (κ1) is 15.8. The standard InChI is InChI=1S/C18H35N3/c1-17(2)8-5-9-18(14-17,15-19)21-12-10-20(11-13-21)16-6-3-4-7-16/h16H,3-15,19H2,1-2H3. The van der Waals surface area contributed by atoms with Gasteiger partial charge in [0.2, 0.25) is 0 Å². The van der Waals surface area contributed by atoms with Crippen LogP contribution >= 0.6 is 0 Å². The van der Waals surface area contributed by atoms with E-state index in [1.807, 2.05) is 0 Å². The predicted molar refractivity (Wildman–Crippen MR) is 89.4 cm³/mol. The molecular formula is C18H35N3. The fraction of sp³-hybridized carbons (Fsp3) is 1.00. The summed E-state index contributed by atoms with van der Waals surface area (Å²) in [6.45, 7) is 10.7. The molecule has 3 aliphatic rings. The maximum atomic E-state index is 6.29. The van der Waals surface area contributed by atoms with E-state index in [1.54, 1.807) is 0 Å². The van der Waals surface area contributed by atoms with Crippen molar-refractivity contribution in [2.45, 2.75) is 76.8 Å². The van der Waals surface area contributed by atoms with Crippen LogP contribution in [0.25, 0.3) is 0 Å². The van der Waals surface area contributed by atoms with E-state index in [2.05, 4.69) is 23.6 Å². The Hall–Kier alpha value is -0.120. The molecule has 0 amide bonds. The van der Waals surface area contributed by atoms with E-state index >= 15 is 0 Å². The van der Waals surface area contributed by atoms with Crippen LogP contribution in [0, 0.1) is 5.41 Å². The molecule has 3 nitrogen and oxygen atoms in total.